The van der Waals surface area contributed by atoms with Gasteiger partial charge in [0, 0.05) is 24.0 Å². The Morgan fingerprint density at radius 3 is 2.55 bits per heavy atom. The van der Waals surface area contributed by atoms with Gasteiger partial charge < -0.3 is 5.32 Å². The quantitative estimate of drug-likeness (QED) is 0.933. The molecule has 1 N–H and O–H groups in total. The third-order valence-corrected chi connectivity index (χ3v) is 3.66. The predicted molar refractivity (Wildman–Crippen MR) is 80.9 cm³/mol. The first-order valence-electron chi connectivity index (χ1n) is 6.74. The molecule has 2 aromatic rings. The maximum atomic E-state index is 12.2. The van der Waals surface area contributed by atoms with Crippen molar-refractivity contribution in [2.24, 2.45) is 7.05 Å². The van der Waals surface area contributed by atoms with Gasteiger partial charge in [-0.05, 0) is 44.9 Å². The molecule has 0 saturated carbocycles. The Kier molecular flexibility index (Phi) is 3.93. The van der Waals surface area contributed by atoms with E-state index in [-0.39, 0.29) is 5.91 Å². The zero-order valence-corrected chi connectivity index (χ0v) is 12.7. The van der Waals surface area contributed by atoms with Gasteiger partial charge in [0.05, 0.1) is 12.1 Å². The van der Waals surface area contributed by atoms with Crippen LogP contribution in [0, 0.1) is 27.7 Å². The van der Waals surface area contributed by atoms with Crippen LogP contribution in [0.15, 0.2) is 18.2 Å². The Morgan fingerprint density at radius 1 is 1.25 bits per heavy atom. The molecule has 0 aliphatic carbocycles. The maximum absolute atomic E-state index is 12.2. The molecule has 1 aromatic carbocycles. The zero-order valence-electron chi connectivity index (χ0n) is 12.7. The van der Waals surface area contributed by atoms with E-state index >= 15 is 0 Å². The van der Waals surface area contributed by atoms with Crippen molar-refractivity contribution in [3.8, 4) is 0 Å². The molecule has 0 aliphatic heterocycles. The number of rotatable bonds is 3. The number of hydrogen-bond acceptors (Lipinski definition) is 2. The smallest absolute Gasteiger partial charge is 0.228 e. The van der Waals surface area contributed by atoms with Crippen molar-refractivity contribution in [3.05, 3.63) is 46.3 Å². The molecule has 0 aliphatic rings. The molecule has 0 atom stereocenters. The van der Waals surface area contributed by atoms with Crippen molar-refractivity contribution >= 4 is 11.6 Å². The van der Waals surface area contributed by atoms with Gasteiger partial charge in [-0.15, -0.1) is 0 Å². The van der Waals surface area contributed by atoms with E-state index in [9.17, 15) is 4.79 Å². The Hall–Kier alpha value is -2.10. The zero-order chi connectivity index (χ0) is 14.9. The summed E-state index contributed by atoms with van der Waals surface area (Å²) in [6, 6.07) is 6.06. The van der Waals surface area contributed by atoms with Crippen molar-refractivity contribution in [2.75, 3.05) is 5.32 Å². The molecule has 20 heavy (non-hydrogen) atoms. The second kappa shape index (κ2) is 5.49. The first kappa shape index (κ1) is 14.3. The molecule has 1 aromatic heterocycles. The van der Waals surface area contributed by atoms with E-state index in [1.807, 2.05) is 57.6 Å². The van der Waals surface area contributed by atoms with E-state index in [0.29, 0.717) is 6.42 Å². The minimum Gasteiger partial charge on any atom is -0.326 e. The normalized spacial score (nSPS) is 10.7. The van der Waals surface area contributed by atoms with E-state index in [1.165, 1.54) is 0 Å². The van der Waals surface area contributed by atoms with E-state index < -0.39 is 0 Å². The Bertz CT molecular complexity index is 656. The highest BCUT2D eigenvalue weighted by molar-refractivity contribution is 5.93. The van der Waals surface area contributed by atoms with Crippen molar-refractivity contribution in [3.63, 3.8) is 0 Å². The largest absolute Gasteiger partial charge is 0.326 e. The number of hydrogen-bond donors (Lipinski definition) is 1. The molecule has 4 heteroatoms. The van der Waals surface area contributed by atoms with Crippen LogP contribution in [0.4, 0.5) is 5.69 Å². The highest BCUT2D eigenvalue weighted by Gasteiger charge is 2.14. The lowest BCUT2D eigenvalue weighted by Crippen LogP contribution is -2.16. The molecule has 0 unspecified atom stereocenters. The monoisotopic (exact) mass is 271 g/mol. The summed E-state index contributed by atoms with van der Waals surface area (Å²) in [5, 5.41) is 7.33. The SMILES string of the molecule is Cc1ccc(C)c(NC(=O)Cc2c(C)nn(C)c2C)c1. The van der Waals surface area contributed by atoms with Crippen LogP contribution in [0.1, 0.15) is 28.1 Å². The van der Waals surface area contributed by atoms with Gasteiger partial charge in [-0.25, -0.2) is 0 Å². The van der Waals surface area contributed by atoms with Gasteiger partial charge in [0.2, 0.25) is 5.91 Å². The molecule has 0 spiro atoms. The van der Waals surface area contributed by atoms with Crippen LogP contribution in [0.5, 0.6) is 0 Å². The summed E-state index contributed by atoms with van der Waals surface area (Å²) in [7, 11) is 1.90. The van der Waals surface area contributed by atoms with Crippen LogP contribution in [-0.2, 0) is 18.3 Å². The van der Waals surface area contributed by atoms with E-state index in [1.54, 1.807) is 0 Å². The van der Waals surface area contributed by atoms with E-state index in [2.05, 4.69) is 10.4 Å². The summed E-state index contributed by atoms with van der Waals surface area (Å²) < 4.78 is 1.82. The Labute approximate surface area is 119 Å². The fraction of sp³-hybridized carbons (Fsp3) is 0.375. The molecule has 0 saturated heterocycles. The number of aryl methyl sites for hydroxylation is 4. The molecule has 0 fully saturated rings. The summed E-state index contributed by atoms with van der Waals surface area (Å²) in [4.78, 5) is 12.2. The topological polar surface area (TPSA) is 46.9 Å². The number of nitrogens with zero attached hydrogens (tertiary/aromatic N) is 2. The standard InChI is InChI=1S/C16H21N3O/c1-10-6-7-11(2)15(8-10)17-16(20)9-14-12(3)18-19(5)13(14)4/h6-8H,9H2,1-5H3,(H,17,20). The third-order valence-electron chi connectivity index (χ3n) is 3.66. The number of anilines is 1. The first-order valence-corrected chi connectivity index (χ1v) is 6.74. The van der Waals surface area contributed by atoms with Gasteiger partial charge >= 0.3 is 0 Å². The van der Waals surface area contributed by atoms with Crippen LogP contribution in [0.2, 0.25) is 0 Å². The Morgan fingerprint density at radius 2 is 1.95 bits per heavy atom. The number of carbonyl (C=O) groups excluding carboxylic acids is 1. The molecule has 1 amide bonds. The molecule has 106 valence electrons. The molecule has 0 radical (unpaired) electrons. The van der Waals surface area contributed by atoms with E-state index in [4.69, 9.17) is 0 Å². The van der Waals surface area contributed by atoms with Crippen molar-refractivity contribution in [1.29, 1.82) is 0 Å². The lowest BCUT2D eigenvalue weighted by atomic mass is 10.1. The summed E-state index contributed by atoms with van der Waals surface area (Å²) >= 11 is 0. The fourth-order valence-corrected chi connectivity index (χ4v) is 2.30. The maximum Gasteiger partial charge on any atom is 0.228 e. The van der Waals surface area contributed by atoms with Crippen LogP contribution < -0.4 is 5.32 Å². The predicted octanol–water partition coefficient (Wildman–Crippen LogP) is 2.83. The second-order valence-electron chi connectivity index (χ2n) is 5.32. The molecule has 2 rings (SSSR count). The highest BCUT2D eigenvalue weighted by Crippen LogP contribution is 2.18. The number of aromatic nitrogens is 2. The van der Waals surface area contributed by atoms with Crippen LogP contribution >= 0.6 is 0 Å². The van der Waals surface area contributed by atoms with Crippen LogP contribution in [0.3, 0.4) is 0 Å². The summed E-state index contributed by atoms with van der Waals surface area (Å²) in [6.45, 7) is 7.94. The van der Waals surface area contributed by atoms with Crippen molar-refractivity contribution in [1.82, 2.24) is 9.78 Å². The fourth-order valence-electron chi connectivity index (χ4n) is 2.30. The third kappa shape index (κ3) is 2.90. The number of nitrogens with one attached hydrogen (secondary N) is 1. The lowest BCUT2D eigenvalue weighted by Gasteiger charge is -2.09. The van der Waals surface area contributed by atoms with Gasteiger partial charge in [0.1, 0.15) is 0 Å². The summed E-state index contributed by atoms with van der Waals surface area (Å²) in [5.41, 5.74) is 6.06. The molecule has 1 heterocycles. The minimum atomic E-state index is -0.00194. The number of benzene rings is 1. The molecule has 4 nitrogen and oxygen atoms in total. The molecular formula is C16H21N3O. The van der Waals surface area contributed by atoms with E-state index in [0.717, 1.165) is 33.8 Å². The summed E-state index contributed by atoms with van der Waals surface area (Å²) in [5.74, 6) is -0.00194. The van der Waals surface area contributed by atoms with Crippen molar-refractivity contribution < 1.29 is 4.79 Å². The van der Waals surface area contributed by atoms with Gasteiger partial charge in [-0.1, -0.05) is 12.1 Å². The van der Waals surface area contributed by atoms with Gasteiger partial charge in [0.25, 0.3) is 0 Å². The first-order chi connectivity index (χ1) is 9.38. The summed E-state index contributed by atoms with van der Waals surface area (Å²) in [6.07, 6.45) is 0.360. The number of carbonyl (C=O) groups is 1. The average Bonchev–Trinajstić information content (AvgIpc) is 2.61. The van der Waals surface area contributed by atoms with Gasteiger partial charge in [-0.2, -0.15) is 5.10 Å². The highest BCUT2D eigenvalue weighted by atomic mass is 16.1. The van der Waals surface area contributed by atoms with Gasteiger partial charge in [0.15, 0.2) is 0 Å². The van der Waals surface area contributed by atoms with Gasteiger partial charge in [-0.3, -0.25) is 9.48 Å². The minimum absolute atomic E-state index is 0.00194. The molecule has 0 bridgehead atoms. The number of amides is 1. The van der Waals surface area contributed by atoms with Crippen LogP contribution in [-0.4, -0.2) is 15.7 Å². The van der Waals surface area contributed by atoms with Crippen LogP contribution in [0.25, 0.3) is 0 Å². The molecular weight excluding hydrogens is 250 g/mol. The van der Waals surface area contributed by atoms with Crippen molar-refractivity contribution in [2.45, 2.75) is 34.1 Å². The Balaban J connectivity index is 2.15. The second-order valence-corrected chi connectivity index (χ2v) is 5.32. The lowest BCUT2D eigenvalue weighted by molar-refractivity contribution is -0.115. The average molecular weight is 271 g/mol.